The van der Waals surface area contributed by atoms with Crippen LogP contribution in [0.5, 0.6) is 0 Å². The summed E-state index contributed by atoms with van der Waals surface area (Å²) in [5, 5.41) is 3.42. The SMILES string of the molecule is CNC1(C)CCN(Cc2ccccc2CC(=O)OC)CC1. The molecule has 1 heterocycles. The van der Waals surface area contributed by atoms with Gasteiger partial charge >= 0.3 is 5.97 Å². The molecule has 1 aliphatic rings. The number of carbonyl (C=O) groups excluding carboxylic acids is 1. The summed E-state index contributed by atoms with van der Waals surface area (Å²) in [6, 6.07) is 8.16. The molecule has 21 heavy (non-hydrogen) atoms. The van der Waals surface area contributed by atoms with Crippen molar-refractivity contribution in [1.82, 2.24) is 10.2 Å². The molecule has 0 saturated carbocycles. The Balaban J connectivity index is 1.99. The van der Waals surface area contributed by atoms with Crippen LogP contribution in [0.2, 0.25) is 0 Å². The van der Waals surface area contributed by atoms with Crippen molar-refractivity contribution < 1.29 is 9.53 Å². The first-order chi connectivity index (χ1) is 10.1. The van der Waals surface area contributed by atoms with Gasteiger partial charge in [-0.2, -0.15) is 0 Å². The van der Waals surface area contributed by atoms with Gasteiger partial charge in [-0.05, 0) is 37.9 Å². The Bertz CT molecular complexity index is 479. The number of nitrogens with one attached hydrogen (secondary N) is 1. The first-order valence-corrected chi connectivity index (χ1v) is 7.61. The van der Waals surface area contributed by atoms with Crippen LogP contribution in [0.3, 0.4) is 0 Å². The molecule has 1 aliphatic heterocycles. The zero-order valence-corrected chi connectivity index (χ0v) is 13.3. The van der Waals surface area contributed by atoms with Crippen LogP contribution in [-0.4, -0.2) is 43.7 Å². The van der Waals surface area contributed by atoms with E-state index in [1.165, 1.54) is 12.7 Å². The van der Waals surface area contributed by atoms with E-state index in [-0.39, 0.29) is 11.5 Å². The molecule has 0 aliphatic carbocycles. The second kappa shape index (κ2) is 7.05. The van der Waals surface area contributed by atoms with Crippen molar-refractivity contribution in [2.24, 2.45) is 0 Å². The van der Waals surface area contributed by atoms with Gasteiger partial charge in [0.1, 0.15) is 0 Å². The Hall–Kier alpha value is -1.39. The van der Waals surface area contributed by atoms with Crippen molar-refractivity contribution in [2.45, 2.75) is 38.3 Å². The lowest BCUT2D eigenvalue weighted by Gasteiger charge is -2.39. The van der Waals surface area contributed by atoms with Crippen molar-refractivity contribution in [1.29, 1.82) is 0 Å². The van der Waals surface area contributed by atoms with Gasteiger partial charge in [-0.1, -0.05) is 24.3 Å². The highest BCUT2D eigenvalue weighted by Crippen LogP contribution is 2.23. The fourth-order valence-electron chi connectivity index (χ4n) is 2.81. The van der Waals surface area contributed by atoms with Crippen LogP contribution in [0.25, 0.3) is 0 Å². The lowest BCUT2D eigenvalue weighted by atomic mass is 9.89. The molecular formula is C17H26N2O2. The molecular weight excluding hydrogens is 264 g/mol. The van der Waals surface area contributed by atoms with Crippen LogP contribution in [0, 0.1) is 0 Å². The molecule has 0 aromatic heterocycles. The standard InChI is InChI=1S/C17H26N2O2/c1-17(18-2)8-10-19(11-9-17)13-15-7-5-4-6-14(15)12-16(20)21-3/h4-7,18H,8-13H2,1-3H3. The summed E-state index contributed by atoms with van der Waals surface area (Å²) in [6.45, 7) is 5.37. The molecule has 1 saturated heterocycles. The Morgan fingerprint density at radius 3 is 2.48 bits per heavy atom. The van der Waals surface area contributed by atoms with Crippen LogP contribution < -0.4 is 5.32 Å². The number of carbonyl (C=O) groups is 1. The van der Waals surface area contributed by atoms with E-state index < -0.39 is 0 Å². The predicted molar refractivity (Wildman–Crippen MR) is 84.1 cm³/mol. The van der Waals surface area contributed by atoms with Gasteiger partial charge in [0.15, 0.2) is 0 Å². The number of benzene rings is 1. The van der Waals surface area contributed by atoms with E-state index in [1.807, 2.05) is 25.2 Å². The fraction of sp³-hybridized carbons (Fsp3) is 0.588. The van der Waals surface area contributed by atoms with Crippen molar-refractivity contribution in [3.8, 4) is 0 Å². The number of esters is 1. The van der Waals surface area contributed by atoms with Gasteiger partial charge in [0, 0.05) is 25.2 Å². The summed E-state index contributed by atoms with van der Waals surface area (Å²) in [6.07, 6.45) is 2.67. The van der Waals surface area contributed by atoms with Gasteiger partial charge in [0.25, 0.3) is 0 Å². The number of ether oxygens (including phenoxy) is 1. The molecule has 0 unspecified atom stereocenters. The minimum Gasteiger partial charge on any atom is -0.469 e. The average molecular weight is 290 g/mol. The second-order valence-electron chi connectivity index (χ2n) is 6.11. The molecule has 116 valence electrons. The van der Waals surface area contributed by atoms with E-state index in [2.05, 4.69) is 23.2 Å². The fourth-order valence-corrected chi connectivity index (χ4v) is 2.81. The smallest absolute Gasteiger partial charge is 0.309 e. The number of rotatable bonds is 5. The molecule has 2 rings (SSSR count). The maximum atomic E-state index is 11.5. The van der Waals surface area contributed by atoms with E-state index in [9.17, 15) is 4.79 Å². The van der Waals surface area contributed by atoms with Crippen molar-refractivity contribution in [2.75, 3.05) is 27.2 Å². The minimum absolute atomic E-state index is 0.177. The number of likely N-dealkylation sites (tertiary alicyclic amines) is 1. The maximum absolute atomic E-state index is 11.5. The topological polar surface area (TPSA) is 41.6 Å². The number of nitrogens with zero attached hydrogens (tertiary/aromatic N) is 1. The number of piperidine rings is 1. The Morgan fingerprint density at radius 2 is 1.90 bits per heavy atom. The van der Waals surface area contributed by atoms with Crippen molar-refractivity contribution in [3.05, 3.63) is 35.4 Å². The van der Waals surface area contributed by atoms with Crippen molar-refractivity contribution >= 4 is 5.97 Å². The number of hydrogen-bond donors (Lipinski definition) is 1. The van der Waals surface area contributed by atoms with Gasteiger partial charge in [-0.25, -0.2) is 0 Å². The zero-order valence-electron chi connectivity index (χ0n) is 13.3. The summed E-state index contributed by atoms with van der Waals surface area (Å²) in [5.41, 5.74) is 2.57. The van der Waals surface area contributed by atoms with E-state index in [0.717, 1.165) is 38.0 Å². The first kappa shape index (κ1) is 16.0. The van der Waals surface area contributed by atoms with E-state index in [4.69, 9.17) is 4.74 Å². The third-order valence-corrected chi connectivity index (χ3v) is 4.64. The van der Waals surface area contributed by atoms with Crippen LogP contribution in [0.4, 0.5) is 0 Å². The lowest BCUT2D eigenvalue weighted by Crippen LogP contribution is -2.49. The summed E-state index contributed by atoms with van der Waals surface area (Å²) in [7, 11) is 3.48. The third-order valence-electron chi connectivity index (χ3n) is 4.64. The van der Waals surface area contributed by atoms with Crippen molar-refractivity contribution in [3.63, 3.8) is 0 Å². The zero-order chi connectivity index (χ0) is 15.3. The van der Waals surface area contributed by atoms with Gasteiger partial charge < -0.3 is 10.1 Å². The molecule has 0 amide bonds. The van der Waals surface area contributed by atoms with E-state index in [0.29, 0.717) is 6.42 Å². The Kier molecular flexibility index (Phi) is 5.37. The molecule has 1 N–H and O–H groups in total. The minimum atomic E-state index is -0.177. The molecule has 0 spiro atoms. The van der Waals surface area contributed by atoms with E-state index >= 15 is 0 Å². The van der Waals surface area contributed by atoms with Gasteiger partial charge in [0.05, 0.1) is 13.5 Å². The third kappa shape index (κ3) is 4.29. The first-order valence-electron chi connectivity index (χ1n) is 7.61. The summed E-state index contributed by atoms with van der Waals surface area (Å²) >= 11 is 0. The van der Waals surface area contributed by atoms with Crippen LogP contribution >= 0.6 is 0 Å². The summed E-state index contributed by atoms with van der Waals surface area (Å²) in [4.78, 5) is 14.0. The highest BCUT2D eigenvalue weighted by atomic mass is 16.5. The van der Waals surface area contributed by atoms with Gasteiger partial charge in [-0.3, -0.25) is 9.69 Å². The highest BCUT2D eigenvalue weighted by Gasteiger charge is 2.28. The average Bonchev–Trinajstić information content (AvgIpc) is 2.51. The monoisotopic (exact) mass is 290 g/mol. The van der Waals surface area contributed by atoms with Gasteiger partial charge in [0.2, 0.25) is 0 Å². The summed E-state index contributed by atoms with van der Waals surface area (Å²) in [5.74, 6) is -0.177. The van der Waals surface area contributed by atoms with Gasteiger partial charge in [-0.15, -0.1) is 0 Å². The molecule has 0 atom stereocenters. The molecule has 1 aromatic rings. The van der Waals surface area contributed by atoms with Crippen LogP contribution in [-0.2, 0) is 22.5 Å². The summed E-state index contributed by atoms with van der Waals surface area (Å²) < 4.78 is 4.78. The molecule has 4 nitrogen and oxygen atoms in total. The van der Waals surface area contributed by atoms with E-state index in [1.54, 1.807) is 0 Å². The Morgan fingerprint density at radius 1 is 1.29 bits per heavy atom. The number of hydrogen-bond acceptors (Lipinski definition) is 4. The molecule has 4 heteroatoms. The number of methoxy groups -OCH3 is 1. The Labute approximate surface area is 127 Å². The highest BCUT2D eigenvalue weighted by molar-refractivity contribution is 5.72. The lowest BCUT2D eigenvalue weighted by molar-refractivity contribution is -0.139. The predicted octanol–water partition coefficient (Wildman–Crippen LogP) is 1.98. The molecule has 1 aromatic carbocycles. The molecule has 0 bridgehead atoms. The van der Waals surface area contributed by atoms with Crippen LogP contribution in [0.15, 0.2) is 24.3 Å². The normalized spacial score (nSPS) is 18.4. The quantitative estimate of drug-likeness (QED) is 0.842. The second-order valence-corrected chi connectivity index (χ2v) is 6.11. The largest absolute Gasteiger partial charge is 0.469 e. The van der Waals surface area contributed by atoms with Crippen LogP contribution in [0.1, 0.15) is 30.9 Å². The molecule has 0 radical (unpaired) electrons. The molecule has 1 fully saturated rings. The maximum Gasteiger partial charge on any atom is 0.309 e.